The molecule has 2 unspecified atom stereocenters. The first-order valence-corrected chi connectivity index (χ1v) is 13.7. The van der Waals surface area contributed by atoms with Crippen molar-refractivity contribution in [3.8, 4) is 0 Å². The third-order valence-corrected chi connectivity index (χ3v) is 8.04. The van der Waals surface area contributed by atoms with Crippen molar-refractivity contribution in [3.05, 3.63) is 172 Å². The molecule has 0 nitrogen and oxygen atoms in total. The predicted molar refractivity (Wildman–Crippen MR) is 164 cm³/mol. The van der Waals surface area contributed by atoms with Crippen LogP contribution in [0.5, 0.6) is 0 Å². The van der Waals surface area contributed by atoms with Crippen LogP contribution in [0.4, 0.5) is 0 Å². The highest BCUT2D eigenvalue weighted by Gasteiger charge is 2.39. The van der Waals surface area contributed by atoms with Crippen LogP contribution >= 0.6 is 11.6 Å². The molecule has 1 aliphatic carbocycles. The van der Waals surface area contributed by atoms with E-state index in [0.717, 1.165) is 12.8 Å². The summed E-state index contributed by atoms with van der Waals surface area (Å²) >= 11 is 6.29. The zero-order valence-corrected chi connectivity index (χ0v) is 22.9. The van der Waals surface area contributed by atoms with Crippen molar-refractivity contribution in [2.24, 2.45) is 0 Å². The van der Waals surface area contributed by atoms with Gasteiger partial charge in [-0.05, 0) is 70.0 Å². The Kier molecular flexibility index (Phi) is 7.66. The SMILES string of the molecule is C=C=C(Cl)/C=C\C(CCC)c1ccccc1C1(C)c2ccccc2C=C(c2ccccc2)c2ccccc21. The lowest BCUT2D eigenvalue weighted by Gasteiger charge is -2.36. The van der Waals surface area contributed by atoms with Gasteiger partial charge in [-0.15, -0.1) is 5.73 Å². The van der Waals surface area contributed by atoms with E-state index in [-0.39, 0.29) is 11.3 Å². The normalized spacial score (nSPS) is 17.1. The second-order valence-corrected chi connectivity index (χ2v) is 10.5. The molecule has 0 saturated carbocycles. The number of hydrogen-bond acceptors (Lipinski definition) is 0. The van der Waals surface area contributed by atoms with Gasteiger partial charge in [0.2, 0.25) is 0 Å². The summed E-state index contributed by atoms with van der Waals surface area (Å²) in [5, 5.41) is 0.539. The minimum atomic E-state index is -0.366. The van der Waals surface area contributed by atoms with Gasteiger partial charge in [0.1, 0.15) is 0 Å². The first-order valence-electron chi connectivity index (χ1n) is 13.4. The molecule has 4 aromatic carbocycles. The maximum Gasteiger partial charge on any atom is 0.0815 e. The fourth-order valence-electron chi connectivity index (χ4n) is 5.96. The molecule has 0 heterocycles. The number of fused-ring (bicyclic) bond motifs is 2. The molecule has 2 atom stereocenters. The van der Waals surface area contributed by atoms with E-state index < -0.39 is 0 Å². The molecule has 5 rings (SSSR count). The Hall–Kier alpha value is -3.83. The van der Waals surface area contributed by atoms with E-state index in [9.17, 15) is 0 Å². The van der Waals surface area contributed by atoms with Gasteiger partial charge in [0.25, 0.3) is 0 Å². The highest BCUT2D eigenvalue weighted by molar-refractivity contribution is 6.31. The predicted octanol–water partition coefficient (Wildman–Crippen LogP) is 10.3. The molecule has 0 saturated heterocycles. The van der Waals surface area contributed by atoms with E-state index in [4.69, 9.17) is 11.6 Å². The number of rotatable bonds is 7. The van der Waals surface area contributed by atoms with Gasteiger partial charge in [-0.2, -0.15) is 0 Å². The maximum absolute atomic E-state index is 6.29. The van der Waals surface area contributed by atoms with E-state index in [0.29, 0.717) is 5.03 Å². The standard InChI is InChI=1S/C37H33Cl/c1-4-15-27(24-25-30(38)5-2)31-19-10-13-22-35(31)37(3)34-21-12-9-18-29(34)26-33(28-16-7-6-8-17-28)32-20-11-14-23-36(32)37/h6-14,16-27H,2,4,15H2,1,3H3/b25-24-. The number of benzene rings is 4. The fourth-order valence-corrected chi connectivity index (χ4v) is 6.03. The zero-order chi connectivity index (χ0) is 26.5. The van der Waals surface area contributed by atoms with Crippen LogP contribution < -0.4 is 0 Å². The van der Waals surface area contributed by atoms with Crippen LogP contribution in [0.15, 0.2) is 133 Å². The highest BCUT2D eigenvalue weighted by atomic mass is 35.5. The quantitative estimate of drug-likeness (QED) is 0.170. The highest BCUT2D eigenvalue weighted by Crippen LogP contribution is 2.49. The van der Waals surface area contributed by atoms with Gasteiger partial charge in [0.05, 0.1) is 5.03 Å². The largest absolute Gasteiger partial charge is 0.108 e. The monoisotopic (exact) mass is 512 g/mol. The number of halogens is 1. The smallest absolute Gasteiger partial charge is 0.0815 e. The van der Waals surface area contributed by atoms with Crippen molar-refractivity contribution in [1.29, 1.82) is 0 Å². The molecule has 1 heteroatoms. The molecule has 0 N–H and O–H groups in total. The van der Waals surface area contributed by atoms with Crippen LogP contribution in [-0.2, 0) is 5.41 Å². The minimum absolute atomic E-state index is 0.222. The molecule has 0 bridgehead atoms. The Morgan fingerprint density at radius 3 is 2.21 bits per heavy atom. The molecule has 0 amide bonds. The number of allylic oxidation sites excluding steroid dienone is 3. The van der Waals surface area contributed by atoms with Crippen LogP contribution in [0.2, 0.25) is 0 Å². The molecule has 1 aliphatic rings. The summed E-state index contributed by atoms with van der Waals surface area (Å²) in [5.41, 5.74) is 12.7. The van der Waals surface area contributed by atoms with Crippen LogP contribution in [0.3, 0.4) is 0 Å². The van der Waals surface area contributed by atoms with Gasteiger partial charge in [-0.25, -0.2) is 0 Å². The summed E-state index contributed by atoms with van der Waals surface area (Å²) in [5.74, 6) is 0.222. The lowest BCUT2D eigenvalue weighted by molar-refractivity contribution is 0.649. The van der Waals surface area contributed by atoms with Gasteiger partial charge in [-0.1, -0.05) is 141 Å². The zero-order valence-electron chi connectivity index (χ0n) is 22.1. The van der Waals surface area contributed by atoms with Crippen LogP contribution in [-0.4, -0.2) is 0 Å². The third-order valence-electron chi connectivity index (χ3n) is 7.78. The van der Waals surface area contributed by atoms with Crippen molar-refractivity contribution in [3.63, 3.8) is 0 Å². The minimum Gasteiger partial charge on any atom is -0.108 e. The Morgan fingerprint density at radius 1 is 0.842 bits per heavy atom. The molecule has 0 aliphatic heterocycles. The van der Waals surface area contributed by atoms with Gasteiger partial charge in [-0.3, -0.25) is 0 Å². The van der Waals surface area contributed by atoms with Crippen LogP contribution in [0.25, 0.3) is 11.6 Å². The Balaban J connectivity index is 1.81. The molecule has 0 spiro atoms. The van der Waals surface area contributed by atoms with Crippen molar-refractivity contribution in [1.82, 2.24) is 0 Å². The Morgan fingerprint density at radius 2 is 1.47 bits per heavy atom. The van der Waals surface area contributed by atoms with Crippen molar-refractivity contribution < 1.29 is 0 Å². The summed E-state index contributed by atoms with van der Waals surface area (Å²) in [4.78, 5) is 0. The third kappa shape index (κ3) is 4.74. The molecular formula is C37H33Cl. The summed E-state index contributed by atoms with van der Waals surface area (Å²) < 4.78 is 0. The van der Waals surface area contributed by atoms with E-state index in [2.05, 4.69) is 141 Å². The average molecular weight is 513 g/mol. The molecule has 38 heavy (non-hydrogen) atoms. The van der Waals surface area contributed by atoms with Gasteiger partial charge in [0, 0.05) is 11.3 Å². The maximum atomic E-state index is 6.29. The topological polar surface area (TPSA) is 0 Å². The average Bonchev–Trinajstić information content (AvgIpc) is 3.09. The summed E-state index contributed by atoms with van der Waals surface area (Å²) in [6.07, 6.45) is 8.63. The lowest BCUT2D eigenvalue weighted by atomic mass is 9.66. The summed E-state index contributed by atoms with van der Waals surface area (Å²) in [6, 6.07) is 37.5. The van der Waals surface area contributed by atoms with Crippen molar-refractivity contribution in [2.45, 2.75) is 38.0 Å². The second kappa shape index (κ2) is 11.3. The fraction of sp³-hybridized carbons (Fsp3) is 0.162. The van der Waals surface area contributed by atoms with E-state index in [1.54, 1.807) is 0 Å². The summed E-state index contributed by atoms with van der Waals surface area (Å²) in [6.45, 7) is 8.34. The first-order chi connectivity index (χ1) is 18.6. The van der Waals surface area contributed by atoms with E-state index in [1.165, 1.54) is 44.5 Å². The molecule has 0 radical (unpaired) electrons. The summed E-state index contributed by atoms with van der Waals surface area (Å²) in [7, 11) is 0. The second-order valence-electron chi connectivity index (χ2n) is 10.0. The first kappa shape index (κ1) is 25.8. The van der Waals surface area contributed by atoms with Gasteiger partial charge in [0.15, 0.2) is 0 Å². The van der Waals surface area contributed by atoms with Crippen LogP contribution in [0.1, 0.15) is 71.6 Å². The van der Waals surface area contributed by atoms with Crippen molar-refractivity contribution >= 4 is 23.3 Å². The molecule has 188 valence electrons. The Labute approximate surface area is 232 Å². The molecular weight excluding hydrogens is 480 g/mol. The van der Waals surface area contributed by atoms with Crippen molar-refractivity contribution in [2.75, 3.05) is 0 Å². The van der Waals surface area contributed by atoms with Crippen LogP contribution in [0, 0.1) is 0 Å². The molecule has 0 fully saturated rings. The Bertz CT molecular complexity index is 1550. The van der Waals surface area contributed by atoms with E-state index in [1.807, 2.05) is 6.08 Å². The number of hydrogen-bond donors (Lipinski definition) is 0. The molecule has 0 aromatic heterocycles. The van der Waals surface area contributed by atoms with Gasteiger partial charge < -0.3 is 0 Å². The molecule has 4 aromatic rings. The lowest BCUT2D eigenvalue weighted by Crippen LogP contribution is -2.29. The van der Waals surface area contributed by atoms with E-state index >= 15 is 0 Å². The van der Waals surface area contributed by atoms with Gasteiger partial charge >= 0.3 is 0 Å².